The van der Waals surface area contributed by atoms with Crippen molar-refractivity contribution in [3.05, 3.63) is 34.4 Å². The third-order valence-corrected chi connectivity index (χ3v) is 2.71. The summed E-state index contributed by atoms with van der Waals surface area (Å²) in [4.78, 5) is 23.5. The molecule has 0 atom stereocenters. The van der Waals surface area contributed by atoms with Crippen LogP contribution >= 0.6 is 0 Å². The van der Waals surface area contributed by atoms with Gasteiger partial charge in [0.1, 0.15) is 18.0 Å². The second kappa shape index (κ2) is 7.63. The van der Waals surface area contributed by atoms with E-state index < -0.39 is 10.5 Å². The molecule has 1 amide bonds. The highest BCUT2D eigenvalue weighted by atomic mass is 16.6. The Bertz CT molecular complexity index is 508. The molecule has 7 nitrogen and oxygen atoms in total. The van der Waals surface area contributed by atoms with Crippen LogP contribution in [0, 0.1) is 10.1 Å². The monoisotopic (exact) mass is 310 g/mol. The predicted molar refractivity (Wildman–Crippen MR) is 82.1 cm³/mol. The predicted octanol–water partition coefficient (Wildman–Crippen LogP) is 3.23. The molecule has 0 radical (unpaired) electrons. The van der Waals surface area contributed by atoms with E-state index in [0.29, 0.717) is 18.8 Å². The Morgan fingerprint density at radius 1 is 1.27 bits per heavy atom. The van der Waals surface area contributed by atoms with Crippen molar-refractivity contribution in [2.24, 2.45) is 0 Å². The molecule has 0 saturated carbocycles. The van der Waals surface area contributed by atoms with Crippen LogP contribution in [-0.4, -0.2) is 41.2 Å². The van der Waals surface area contributed by atoms with Gasteiger partial charge in [0.05, 0.1) is 11.5 Å². The standard InChI is InChI=1S/C15H22N2O5/c1-5-16(14(18)22-15(2,3)4)10-11-21-13-8-6-12(7-9-13)17(19)20/h6-9H,5,10-11H2,1-4H3. The molecule has 0 aromatic heterocycles. The zero-order valence-corrected chi connectivity index (χ0v) is 13.4. The average Bonchev–Trinajstić information content (AvgIpc) is 2.42. The van der Waals surface area contributed by atoms with Crippen molar-refractivity contribution in [3.63, 3.8) is 0 Å². The number of hydrogen-bond donors (Lipinski definition) is 0. The zero-order valence-electron chi connectivity index (χ0n) is 13.4. The Hall–Kier alpha value is -2.31. The van der Waals surface area contributed by atoms with E-state index >= 15 is 0 Å². The molecule has 0 N–H and O–H groups in total. The Kier molecular flexibility index (Phi) is 6.15. The smallest absolute Gasteiger partial charge is 0.410 e. The van der Waals surface area contributed by atoms with Gasteiger partial charge in [-0.3, -0.25) is 10.1 Å². The molecule has 122 valence electrons. The van der Waals surface area contributed by atoms with Crippen LogP contribution in [0.2, 0.25) is 0 Å². The Morgan fingerprint density at radius 3 is 2.32 bits per heavy atom. The highest BCUT2D eigenvalue weighted by Gasteiger charge is 2.20. The molecule has 7 heteroatoms. The summed E-state index contributed by atoms with van der Waals surface area (Å²) in [6.07, 6.45) is -0.387. The highest BCUT2D eigenvalue weighted by Crippen LogP contribution is 2.17. The number of nitro benzene ring substituents is 1. The van der Waals surface area contributed by atoms with E-state index in [1.54, 1.807) is 0 Å². The molecule has 1 aromatic rings. The molecule has 0 saturated heterocycles. The topological polar surface area (TPSA) is 81.9 Å². The first-order chi connectivity index (χ1) is 10.2. The molecular formula is C15H22N2O5. The summed E-state index contributed by atoms with van der Waals surface area (Å²) in [6, 6.07) is 5.81. The molecule has 0 fully saturated rings. The van der Waals surface area contributed by atoms with Crippen LogP contribution in [-0.2, 0) is 4.74 Å². The quantitative estimate of drug-likeness (QED) is 0.595. The number of rotatable bonds is 6. The van der Waals surface area contributed by atoms with Gasteiger partial charge in [0.15, 0.2) is 0 Å². The molecule has 0 aliphatic carbocycles. The van der Waals surface area contributed by atoms with Crippen LogP contribution in [0.25, 0.3) is 0 Å². The van der Waals surface area contributed by atoms with Crippen LogP contribution in [0.15, 0.2) is 24.3 Å². The van der Waals surface area contributed by atoms with Crippen molar-refractivity contribution in [2.75, 3.05) is 19.7 Å². The Balaban J connectivity index is 2.47. The third-order valence-electron chi connectivity index (χ3n) is 2.71. The Labute approximate surface area is 130 Å². The molecule has 1 rings (SSSR count). The summed E-state index contributed by atoms with van der Waals surface area (Å²) >= 11 is 0. The van der Waals surface area contributed by atoms with Gasteiger partial charge in [0.25, 0.3) is 5.69 Å². The number of non-ortho nitro benzene ring substituents is 1. The minimum atomic E-state index is -0.538. The third kappa shape index (κ3) is 5.99. The lowest BCUT2D eigenvalue weighted by molar-refractivity contribution is -0.384. The van der Waals surface area contributed by atoms with Crippen molar-refractivity contribution < 1.29 is 19.2 Å². The molecule has 0 spiro atoms. The van der Waals surface area contributed by atoms with Gasteiger partial charge in [-0.1, -0.05) is 0 Å². The van der Waals surface area contributed by atoms with Crippen LogP contribution in [0.1, 0.15) is 27.7 Å². The first-order valence-electron chi connectivity index (χ1n) is 7.08. The fourth-order valence-corrected chi connectivity index (χ4v) is 1.64. The molecule has 1 aromatic carbocycles. The van der Waals surface area contributed by atoms with Crippen molar-refractivity contribution in [2.45, 2.75) is 33.3 Å². The first kappa shape index (κ1) is 17.7. The van der Waals surface area contributed by atoms with Gasteiger partial charge in [0, 0.05) is 18.7 Å². The van der Waals surface area contributed by atoms with E-state index in [4.69, 9.17) is 9.47 Å². The minimum Gasteiger partial charge on any atom is -0.492 e. The molecule has 0 unspecified atom stereocenters. The zero-order chi connectivity index (χ0) is 16.8. The number of carbonyl (C=O) groups excluding carboxylic acids is 1. The van der Waals surface area contributed by atoms with Gasteiger partial charge in [0.2, 0.25) is 0 Å². The SMILES string of the molecule is CCN(CCOc1ccc([N+](=O)[O-])cc1)C(=O)OC(C)(C)C. The summed E-state index contributed by atoms with van der Waals surface area (Å²) < 4.78 is 10.8. The van der Waals surface area contributed by atoms with Gasteiger partial charge < -0.3 is 14.4 Å². The number of nitro groups is 1. The number of nitrogens with zero attached hydrogens (tertiary/aromatic N) is 2. The van der Waals surface area contributed by atoms with Crippen LogP contribution in [0.3, 0.4) is 0 Å². The van der Waals surface area contributed by atoms with Crippen LogP contribution in [0.5, 0.6) is 5.75 Å². The summed E-state index contributed by atoms with van der Waals surface area (Å²) in [7, 11) is 0. The number of carbonyl (C=O) groups is 1. The number of benzene rings is 1. The lowest BCUT2D eigenvalue weighted by atomic mass is 10.2. The maximum absolute atomic E-state index is 11.9. The normalized spacial score (nSPS) is 10.9. The Morgan fingerprint density at radius 2 is 1.86 bits per heavy atom. The van der Waals surface area contributed by atoms with E-state index in [-0.39, 0.29) is 18.4 Å². The van der Waals surface area contributed by atoms with E-state index in [0.717, 1.165) is 0 Å². The second-order valence-electron chi connectivity index (χ2n) is 5.66. The van der Waals surface area contributed by atoms with Crippen molar-refractivity contribution >= 4 is 11.8 Å². The maximum atomic E-state index is 11.9. The van der Waals surface area contributed by atoms with Crippen molar-refractivity contribution in [1.82, 2.24) is 4.90 Å². The number of hydrogen-bond acceptors (Lipinski definition) is 5. The average molecular weight is 310 g/mol. The van der Waals surface area contributed by atoms with Crippen molar-refractivity contribution in [3.8, 4) is 5.75 Å². The lowest BCUT2D eigenvalue weighted by Crippen LogP contribution is -2.38. The molecule has 0 bridgehead atoms. The first-order valence-corrected chi connectivity index (χ1v) is 7.08. The van der Waals surface area contributed by atoms with Crippen LogP contribution < -0.4 is 4.74 Å². The lowest BCUT2D eigenvalue weighted by Gasteiger charge is -2.26. The fourth-order valence-electron chi connectivity index (χ4n) is 1.64. The van der Waals surface area contributed by atoms with Crippen molar-refractivity contribution in [1.29, 1.82) is 0 Å². The molecule has 0 aliphatic rings. The molecule has 0 aliphatic heterocycles. The van der Waals surface area contributed by atoms with E-state index in [1.165, 1.54) is 29.2 Å². The summed E-state index contributed by atoms with van der Waals surface area (Å²) in [5.74, 6) is 0.519. The van der Waals surface area contributed by atoms with Gasteiger partial charge in [-0.25, -0.2) is 4.79 Å². The van der Waals surface area contributed by atoms with Gasteiger partial charge in [-0.15, -0.1) is 0 Å². The van der Waals surface area contributed by atoms with E-state index in [9.17, 15) is 14.9 Å². The summed E-state index contributed by atoms with van der Waals surface area (Å²) in [5, 5.41) is 10.6. The van der Waals surface area contributed by atoms with Gasteiger partial charge in [-0.2, -0.15) is 0 Å². The number of ether oxygens (including phenoxy) is 2. The number of likely N-dealkylation sites (N-methyl/N-ethyl adjacent to an activating group) is 1. The maximum Gasteiger partial charge on any atom is 0.410 e. The van der Waals surface area contributed by atoms with Crippen LogP contribution in [0.4, 0.5) is 10.5 Å². The van der Waals surface area contributed by atoms with E-state index in [1.807, 2.05) is 27.7 Å². The second-order valence-corrected chi connectivity index (χ2v) is 5.66. The highest BCUT2D eigenvalue weighted by molar-refractivity contribution is 5.68. The fraction of sp³-hybridized carbons (Fsp3) is 0.533. The molecule has 22 heavy (non-hydrogen) atoms. The largest absolute Gasteiger partial charge is 0.492 e. The molecule has 0 heterocycles. The van der Waals surface area contributed by atoms with Gasteiger partial charge >= 0.3 is 6.09 Å². The summed E-state index contributed by atoms with van der Waals surface area (Å²) in [6.45, 7) is 8.46. The van der Waals surface area contributed by atoms with E-state index in [2.05, 4.69) is 0 Å². The minimum absolute atomic E-state index is 0.0105. The summed E-state index contributed by atoms with van der Waals surface area (Å²) in [5.41, 5.74) is -0.528. The molecular weight excluding hydrogens is 288 g/mol. The van der Waals surface area contributed by atoms with Gasteiger partial charge in [-0.05, 0) is 39.8 Å². The number of amides is 1.